The van der Waals surface area contributed by atoms with E-state index in [2.05, 4.69) is 39.0 Å². The molecule has 0 saturated carbocycles. The maximum absolute atomic E-state index is 10.8. The molecule has 0 aliphatic heterocycles. The molecule has 0 saturated heterocycles. The Kier molecular flexibility index (Phi) is 3.13. The lowest BCUT2D eigenvalue weighted by molar-refractivity contribution is 0.0315. The highest BCUT2D eigenvalue weighted by Crippen LogP contribution is 2.41. The number of hydrogen-bond donors (Lipinski definition) is 1. The van der Waals surface area contributed by atoms with Crippen molar-refractivity contribution in [3.8, 4) is 0 Å². The van der Waals surface area contributed by atoms with Gasteiger partial charge in [-0.05, 0) is 30.7 Å². The Morgan fingerprint density at radius 2 is 1.82 bits per heavy atom. The minimum absolute atomic E-state index is 0.197. The van der Waals surface area contributed by atoms with Gasteiger partial charge in [0.25, 0.3) is 0 Å². The van der Waals surface area contributed by atoms with Crippen LogP contribution >= 0.6 is 0 Å². The van der Waals surface area contributed by atoms with Crippen molar-refractivity contribution in [2.24, 2.45) is 5.41 Å². The molecule has 1 nitrogen and oxygen atoms in total. The fraction of sp³-hybridized carbons (Fsp3) is 0.500. The molecule has 0 spiro atoms. The van der Waals surface area contributed by atoms with E-state index in [1.807, 2.05) is 18.2 Å². The molecule has 17 heavy (non-hydrogen) atoms. The average molecular weight is 230 g/mol. The van der Waals surface area contributed by atoms with Crippen LogP contribution < -0.4 is 0 Å². The van der Waals surface area contributed by atoms with Gasteiger partial charge in [-0.25, -0.2) is 0 Å². The highest BCUT2D eigenvalue weighted by molar-refractivity contribution is 5.24. The number of aliphatic hydroxyl groups is 1. The lowest BCUT2D eigenvalue weighted by Crippen LogP contribution is -2.38. The zero-order valence-corrected chi connectivity index (χ0v) is 11.0. The van der Waals surface area contributed by atoms with Gasteiger partial charge in [0.2, 0.25) is 0 Å². The molecule has 0 bridgehead atoms. The summed E-state index contributed by atoms with van der Waals surface area (Å²) in [7, 11) is 0. The minimum Gasteiger partial charge on any atom is -0.385 e. The zero-order chi connectivity index (χ0) is 12.5. The number of rotatable bonds is 2. The molecule has 0 fully saturated rings. The molecule has 1 aliphatic carbocycles. The first-order valence-electron chi connectivity index (χ1n) is 6.33. The topological polar surface area (TPSA) is 20.2 Å². The molecule has 92 valence electrons. The molecule has 2 rings (SSSR count). The van der Waals surface area contributed by atoms with Crippen LogP contribution in [-0.4, -0.2) is 10.7 Å². The molecule has 0 heterocycles. The molecule has 0 amide bonds. The lowest BCUT2D eigenvalue weighted by atomic mass is 9.69. The van der Waals surface area contributed by atoms with Crippen LogP contribution in [0.4, 0.5) is 0 Å². The Morgan fingerprint density at radius 3 is 2.41 bits per heavy atom. The molecule has 0 aromatic heterocycles. The first kappa shape index (κ1) is 12.4. The Labute approximate surface area is 104 Å². The standard InChI is InChI=1S/C16H22O/c1-13-9-15(2,3)12-16(17,10-13)11-14-7-5-4-6-8-14/h4-8,10,17H,9,11-12H2,1-3H3/t16-/m0/s1. The quantitative estimate of drug-likeness (QED) is 0.768. The number of benzene rings is 1. The van der Waals surface area contributed by atoms with Crippen molar-refractivity contribution < 1.29 is 5.11 Å². The third-order valence-corrected chi connectivity index (χ3v) is 3.41. The summed E-state index contributed by atoms with van der Waals surface area (Å²) in [5.74, 6) is 0. The molecule has 1 atom stereocenters. The second-order valence-electron chi connectivity index (χ2n) is 6.27. The Morgan fingerprint density at radius 1 is 1.18 bits per heavy atom. The molecule has 1 N–H and O–H groups in total. The minimum atomic E-state index is -0.673. The maximum atomic E-state index is 10.8. The highest BCUT2D eigenvalue weighted by Gasteiger charge is 2.36. The smallest absolute Gasteiger partial charge is 0.0875 e. The highest BCUT2D eigenvalue weighted by atomic mass is 16.3. The van der Waals surface area contributed by atoms with Crippen molar-refractivity contribution in [3.63, 3.8) is 0 Å². The van der Waals surface area contributed by atoms with Gasteiger partial charge in [0.05, 0.1) is 5.60 Å². The summed E-state index contributed by atoms with van der Waals surface area (Å²) in [6.45, 7) is 6.59. The second-order valence-corrected chi connectivity index (χ2v) is 6.27. The first-order valence-corrected chi connectivity index (χ1v) is 6.33. The molecule has 0 radical (unpaired) electrons. The monoisotopic (exact) mass is 230 g/mol. The molecule has 1 aliphatic rings. The normalized spacial score (nSPS) is 27.6. The summed E-state index contributed by atoms with van der Waals surface area (Å²) in [4.78, 5) is 0. The Balaban J connectivity index is 2.22. The number of allylic oxidation sites excluding steroid dienone is 1. The van der Waals surface area contributed by atoms with Gasteiger partial charge in [0.15, 0.2) is 0 Å². The van der Waals surface area contributed by atoms with E-state index in [4.69, 9.17) is 0 Å². The molecule has 1 aromatic carbocycles. The zero-order valence-electron chi connectivity index (χ0n) is 11.0. The van der Waals surface area contributed by atoms with Crippen LogP contribution in [-0.2, 0) is 6.42 Å². The fourth-order valence-corrected chi connectivity index (χ4v) is 3.27. The van der Waals surface area contributed by atoms with Crippen LogP contribution in [0, 0.1) is 5.41 Å². The summed E-state index contributed by atoms with van der Waals surface area (Å²) in [6.07, 6.45) is 4.70. The molecule has 1 aromatic rings. The average Bonchev–Trinajstić information content (AvgIpc) is 2.13. The van der Waals surface area contributed by atoms with Crippen molar-refractivity contribution in [3.05, 3.63) is 47.5 Å². The van der Waals surface area contributed by atoms with Gasteiger partial charge in [-0.2, -0.15) is 0 Å². The largest absolute Gasteiger partial charge is 0.385 e. The fourth-order valence-electron chi connectivity index (χ4n) is 3.27. The predicted molar refractivity (Wildman–Crippen MR) is 71.9 cm³/mol. The van der Waals surface area contributed by atoms with Crippen LogP contribution in [0.25, 0.3) is 0 Å². The Bertz CT molecular complexity index is 416. The summed E-state index contributed by atoms with van der Waals surface area (Å²) in [6, 6.07) is 10.2. The molecular weight excluding hydrogens is 208 g/mol. The molecule has 1 heteroatoms. The summed E-state index contributed by atoms with van der Waals surface area (Å²) in [5.41, 5.74) is 2.03. The van der Waals surface area contributed by atoms with E-state index in [1.54, 1.807) is 0 Å². The van der Waals surface area contributed by atoms with Gasteiger partial charge in [0, 0.05) is 6.42 Å². The summed E-state index contributed by atoms with van der Waals surface area (Å²) < 4.78 is 0. The lowest BCUT2D eigenvalue weighted by Gasteiger charge is -2.39. The molecular formula is C16H22O. The van der Waals surface area contributed by atoms with Crippen LogP contribution in [0.1, 0.15) is 39.2 Å². The van der Waals surface area contributed by atoms with Gasteiger partial charge in [0.1, 0.15) is 0 Å². The predicted octanol–water partition coefficient (Wildman–Crippen LogP) is 3.73. The third kappa shape index (κ3) is 3.19. The van der Waals surface area contributed by atoms with Crippen LogP contribution in [0.15, 0.2) is 42.0 Å². The summed E-state index contributed by atoms with van der Waals surface area (Å²) >= 11 is 0. The van der Waals surface area contributed by atoms with E-state index in [1.165, 1.54) is 11.1 Å². The van der Waals surface area contributed by atoms with E-state index in [-0.39, 0.29) is 5.41 Å². The van der Waals surface area contributed by atoms with Gasteiger partial charge in [-0.15, -0.1) is 0 Å². The van der Waals surface area contributed by atoms with Gasteiger partial charge < -0.3 is 5.11 Å². The van der Waals surface area contributed by atoms with E-state index in [0.717, 1.165) is 12.8 Å². The first-order chi connectivity index (χ1) is 7.89. The van der Waals surface area contributed by atoms with E-state index in [9.17, 15) is 5.11 Å². The third-order valence-electron chi connectivity index (χ3n) is 3.41. The maximum Gasteiger partial charge on any atom is 0.0875 e. The summed E-state index contributed by atoms with van der Waals surface area (Å²) in [5, 5.41) is 10.8. The van der Waals surface area contributed by atoms with Crippen molar-refractivity contribution in [2.45, 2.75) is 45.6 Å². The van der Waals surface area contributed by atoms with Crippen molar-refractivity contribution in [1.82, 2.24) is 0 Å². The van der Waals surface area contributed by atoms with E-state index < -0.39 is 5.60 Å². The van der Waals surface area contributed by atoms with Crippen molar-refractivity contribution >= 4 is 0 Å². The second kappa shape index (κ2) is 4.30. The Hall–Kier alpha value is -1.08. The van der Waals surface area contributed by atoms with Gasteiger partial charge in [-0.1, -0.05) is 55.8 Å². The van der Waals surface area contributed by atoms with Crippen molar-refractivity contribution in [2.75, 3.05) is 0 Å². The van der Waals surface area contributed by atoms with E-state index >= 15 is 0 Å². The number of hydrogen-bond acceptors (Lipinski definition) is 1. The van der Waals surface area contributed by atoms with Crippen LogP contribution in [0.5, 0.6) is 0 Å². The SMILES string of the molecule is CC1=C[C@](O)(Cc2ccccc2)CC(C)(C)C1. The van der Waals surface area contributed by atoms with Crippen molar-refractivity contribution in [1.29, 1.82) is 0 Å². The van der Waals surface area contributed by atoms with Crippen LogP contribution in [0.2, 0.25) is 0 Å². The molecule has 0 unspecified atom stereocenters. The van der Waals surface area contributed by atoms with Gasteiger partial charge >= 0.3 is 0 Å². The van der Waals surface area contributed by atoms with E-state index in [0.29, 0.717) is 6.42 Å². The van der Waals surface area contributed by atoms with Crippen LogP contribution in [0.3, 0.4) is 0 Å². The van der Waals surface area contributed by atoms with Gasteiger partial charge in [-0.3, -0.25) is 0 Å².